The first-order chi connectivity index (χ1) is 12.3. The van der Waals surface area contributed by atoms with Crippen molar-refractivity contribution in [2.45, 2.75) is 64.4 Å². The number of oxime groups is 1. The topological polar surface area (TPSA) is 43.7 Å². The highest BCUT2D eigenvalue weighted by molar-refractivity contribution is 6.01. The summed E-state index contributed by atoms with van der Waals surface area (Å²) in [6.07, 6.45) is 9.98. The molecule has 0 fully saturated rings. The number of para-hydroxylation sites is 1. The molecule has 1 aromatic carbocycles. The van der Waals surface area contributed by atoms with E-state index in [4.69, 9.17) is 14.6 Å². The van der Waals surface area contributed by atoms with Crippen molar-refractivity contribution < 1.29 is 9.57 Å². The van der Waals surface area contributed by atoms with Crippen LogP contribution in [0, 0.1) is 0 Å². The molecule has 1 atom stereocenters. The number of fused-ring (bicyclic) bond motifs is 1. The van der Waals surface area contributed by atoms with Crippen LogP contribution in [-0.2, 0) is 4.84 Å². The zero-order valence-corrected chi connectivity index (χ0v) is 15.3. The second-order valence-corrected chi connectivity index (χ2v) is 6.75. The van der Waals surface area contributed by atoms with Gasteiger partial charge in [0, 0.05) is 11.8 Å². The molecule has 0 aliphatic carbocycles. The molecule has 25 heavy (non-hydrogen) atoms. The Labute approximate surface area is 150 Å². The van der Waals surface area contributed by atoms with Crippen LogP contribution >= 0.6 is 0 Å². The smallest absolute Gasteiger partial charge is 0.145 e. The van der Waals surface area contributed by atoms with E-state index in [1.165, 1.54) is 38.5 Å². The molecule has 3 rings (SSSR count). The van der Waals surface area contributed by atoms with Gasteiger partial charge in [-0.1, -0.05) is 62.4 Å². The number of ether oxygens (including phenoxy) is 1. The molecule has 0 spiro atoms. The van der Waals surface area contributed by atoms with E-state index in [-0.39, 0.29) is 6.10 Å². The molecule has 0 amide bonds. The molecule has 2 heterocycles. The Morgan fingerprint density at radius 1 is 1.08 bits per heavy atom. The monoisotopic (exact) mass is 340 g/mol. The Kier molecular flexibility index (Phi) is 6.26. The summed E-state index contributed by atoms with van der Waals surface area (Å²) in [6, 6.07) is 10.1. The van der Waals surface area contributed by atoms with Crippen LogP contribution in [-0.4, -0.2) is 23.9 Å². The Balaban J connectivity index is 1.56. The van der Waals surface area contributed by atoms with Crippen LogP contribution in [0.1, 0.15) is 64.0 Å². The van der Waals surface area contributed by atoms with Crippen molar-refractivity contribution in [3.63, 3.8) is 0 Å². The summed E-state index contributed by atoms with van der Waals surface area (Å²) in [4.78, 5) is 10.4. The lowest BCUT2D eigenvalue weighted by atomic mass is 10.0. The molecule has 0 N–H and O–H groups in total. The fourth-order valence-electron chi connectivity index (χ4n) is 3.33. The highest BCUT2D eigenvalue weighted by Gasteiger charge is 2.23. The van der Waals surface area contributed by atoms with Gasteiger partial charge in [-0.3, -0.25) is 0 Å². The molecule has 1 aromatic heterocycles. The van der Waals surface area contributed by atoms with Gasteiger partial charge in [0.25, 0.3) is 0 Å². The number of hydrogen-bond donors (Lipinski definition) is 0. The number of methoxy groups -OCH3 is 1. The van der Waals surface area contributed by atoms with Crippen LogP contribution in [0.2, 0.25) is 0 Å². The highest BCUT2D eigenvalue weighted by Crippen LogP contribution is 2.26. The summed E-state index contributed by atoms with van der Waals surface area (Å²) in [5.74, 6) is 0.794. The predicted molar refractivity (Wildman–Crippen MR) is 102 cm³/mol. The van der Waals surface area contributed by atoms with E-state index in [0.717, 1.165) is 40.9 Å². The van der Waals surface area contributed by atoms with Gasteiger partial charge in [-0.25, -0.2) is 4.98 Å². The van der Waals surface area contributed by atoms with Crippen LogP contribution in [0.3, 0.4) is 0 Å². The SMILES string of the molecule is CCCCCCCCC1CC(c2ccc3cccc(OC)c3n2)=NO1. The summed E-state index contributed by atoms with van der Waals surface area (Å²) in [5.41, 5.74) is 2.72. The van der Waals surface area contributed by atoms with Crippen molar-refractivity contribution in [2.24, 2.45) is 5.16 Å². The molecular formula is C21H28N2O2. The van der Waals surface area contributed by atoms with E-state index < -0.39 is 0 Å². The normalized spacial score (nSPS) is 16.7. The minimum absolute atomic E-state index is 0.205. The van der Waals surface area contributed by atoms with Gasteiger partial charge in [-0.2, -0.15) is 0 Å². The van der Waals surface area contributed by atoms with Gasteiger partial charge in [0.05, 0.1) is 12.8 Å². The summed E-state index contributed by atoms with van der Waals surface area (Å²) in [5, 5.41) is 5.37. The van der Waals surface area contributed by atoms with Crippen molar-refractivity contribution in [1.29, 1.82) is 0 Å². The Hall–Kier alpha value is -2.10. The van der Waals surface area contributed by atoms with Gasteiger partial charge in [0.2, 0.25) is 0 Å². The lowest BCUT2D eigenvalue weighted by molar-refractivity contribution is 0.0770. The van der Waals surface area contributed by atoms with E-state index in [2.05, 4.69) is 18.1 Å². The highest BCUT2D eigenvalue weighted by atomic mass is 16.6. The van der Waals surface area contributed by atoms with Crippen LogP contribution in [0.15, 0.2) is 35.5 Å². The van der Waals surface area contributed by atoms with Gasteiger partial charge >= 0.3 is 0 Å². The predicted octanol–water partition coefficient (Wildman–Crippen LogP) is 5.49. The lowest BCUT2D eigenvalue weighted by Crippen LogP contribution is -2.09. The number of nitrogens with zero attached hydrogens (tertiary/aromatic N) is 2. The Bertz CT molecular complexity index is 727. The van der Waals surface area contributed by atoms with Gasteiger partial charge in [-0.05, 0) is 25.0 Å². The van der Waals surface area contributed by atoms with E-state index in [9.17, 15) is 0 Å². The molecule has 4 heteroatoms. The number of hydrogen-bond acceptors (Lipinski definition) is 4. The second-order valence-electron chi connectivity index (χ2n) is 6.75. The number of rotatable bonds is 9. The summed E-state index contributed by atoms with van der Waals surface area (Å²) < 4.78 is 5.43. The number of aromatic nitrogens is 1. The average molecular weight is 340 g/mol. The molecule has 1 unspecified atom stereocenters. The first-order valence-corrected chi connectivity index (χ1v) is 9.48. The molecule has 1 aliphatic heterocycles. The van der Waals surface area contributed by atoms with Crippen molar-refractivity contribution in [1.82, 2.24) is 4.98 Å². The van der Waals surface area contributed by atoms with E-state index in [1.54, 1.807) is 7.11 Å². The fourth-order valence-corrected chi connectivity index (χ4v) is 3.33. The number of pyridine rings is 1. The summed E-state index contributed by atoms with van der Waals surface area (Å²) in [6.45, 7) is 2.25. The maximum Gasteiger partial charge on any atom is 0.145 e. The minimum atomic E-state index is 0.205. The second kappa shape index (κ2) is 8.84. The first kappa shape index (κ1) is 17.7. The molecule has 0 bridgehead atoms. The average Bonchev–Trinajstić information content (AvgIpc) is 3.12. The van der Waals surface area contributed by atoms with Crippen LogP contribution in [0.25, 0.3) is 10.9 Å². The standard InChI is InChI=1S/C21H28N2O2/c1-3-4-5-6-7-8-11-17-15-19(23-25-17)18-14-13-16-10-9-12-20(24-2)21(16)22-18/h9-10,12-14,17H,3-8,11,15H2,1-2H3. The Morgan fingerprint density at radius 2 is 1.92 bits per heavy atom. The van der Waals surface area contributed by atoms with E-state index in [1.807, 2.05) is 24.3 Å². The molecular weight excluding hydrogens is 312 g/mol. The molecule has 0 radical (unpaired) electrons. The largest absolute Gasteiger partial charge is 0.494 e. The first-order valence-electron chi connectivity index (χ1n) is 9.48. The number of unbranched alkanes of at least 4 members (excludes halogenated alkanes) is 5. The van der Waals surface area contributed by atoms with Crippen molar-refractivity contribution in [3.8, 4) is 5.75 Å². The third kappa shape index (κ3) is 4.50. The molecule has 134 valence electrons. The van der Waals surface area contributed by atoms with Crippen LogP contribution < -0.4 is 4.74 Å². The van der Waals surface area contributed by atoms with E-state index in [0.29, 0.717) is 0 Å². The zero-order chi connectivity index (χ0) is 17.5. The molecule has 0 saturated heterocycles. The van der Waals surface area contributed by atoms with Crippen molar-refractivity contribution >= 4 is 16.6 Å². The van der Waals surface area contributed by atoms with Crippen molar-refractivity contribution in [2.75, 3.05) is 7.11 Å². The molecule has 4 nitrogen and oxygen atoms in total. The van der Waals surface area contributed by atoms with Gasteiger partial charge in [-0.15, -0.1) is 0 Å². The molecule has 1 aliphatic rings. The lowest BCUT2D eigenvalue weighted by Gasteiger charge is -2.08. The van der Waals surface area contributed by atoms with Crippen molar-refractivity contribution in [3.05, 3.63) is 36.0 Å². The zero-order valence-electron chi connectivity index (χ0n) is 15.3. The quantitative estimate of drug-likeness (QED) is 0.567. The summed E-state index contributed by atoms with van der Waals surface area (Å²) >= 11 is 0. The third-order valence-corrected chi connectivity index (χ3v) is 4.81. The molecule has 2 aromatic rings. The fraction of sp³-hybridized carbons (Fsp3) is 0.524. The maximum atomic E-state index is 5.63. The molecule has 0 saturated carbocycles. The number of benzene rings is 1. The minimum Gasteiger partial charge on any atom is -0.494 e. The van der Waals surface area contributed by atoms with Gasteiger partial charge in [0.15, 0.2) is 0 Å². The third-order valence-electron chi connectivity index (χ3n) is 4.81. The van der Waals surface area contributed by atoms with E-state index >= 15 is 0 Å². The van der Waals surface area contributed by atoms with Crippen LogP contribution in [0.4, 0.5) is 0 Å². The summed E-state index contributed by atoms with van der Waals surface area (Å²) in [7, 11) is 1.68. The van der Waals surface area contributed by atoms with Crippen LogP contribution in [0.5, 0.6) is 5.75 Å². The maximum absolute atomic E-state index is 5.63. The van der Waals surface area contributed by atoms with Gasteiger partial charge < -0.3 is 9.57 Å². The van der Waals surface area contributed by atoms with Gasteiger partial charge in [0.1, 0.15) is 23.1 Å². The Morgan fingerprint density at radius 3 is 2.76 bits per heavy atom.